The fourth-order valence-electron chi connectivity index (χ4n) is 2.64. The van der Waals surface area contributed by atoms with E-state index in [-0.39, 0.29) is 34.9 Å². The maximum absolute atomic E-state index is 12.0. The van der Waals surface area contributed by atoms with E-state index < -0.39 is 9.84 Å². The largest absolute Gasteiger partial charge is 0.479 e. The summed E-state index contributed by atoms with van der Waals surface area (Å²) in [7, 11) is -1.88. The van der Waals surface area contributed by atoms with E-state index in [1.807, 2.05) is 6.07 Å². The molecule has 160 valence electrons. The molecule has 0 aliphatic carbocycles. The molecule has 1 amide bonds. The molecule has 0 atom stereocenters. The molecule has 0 fully saturated rings. The van der Waals surface area contributed by atoms with Crippen LogP contribution in [0.4, 0.5) is 17.3 Å². The summed E-state index contributed by atoms with van der Waals surface area (Å²) in [4.78, 5) is 19.8. The molecule has 0 aliphatic heterocycles. The van der Waals surface area contributed by atoms with E-state index in [0.29, 0.717) is 16.9 Å². The van der Waals surface area contributed by atoms with E-state index in [4.69, 9.17) is 10.00 Å². The summed E-state index contributed by atoms with van der Waals surface area (Å²) in [6, 6.07) is 7.90. The third kappa shape index (κ3) is 5.55. The SMILES string of the molecule is CC(=O)Nc1cc(Nc2cc(OCC#N)cc(S(C)(=O)=O)n2)c(-c2ccn(C)n2)cn1. The Morgan fingerprint density at radius 3 is 2.68 bits per heavy atom. The number of ether oxygens (including phenoxy) is 1. The van der Waals surface area contributed by atoms with Gasteiger partial charge in [-0.15, -0.1) is 0 Å². The van der Waals surface area contributed by atoms with Gasteiger partial charge in [0.15, 0.2) is 21.5 Å². The van der Waals surface area contributed by atoms with Crippen LogP contribution in [-0.2, 0) is 21.7 Å². The van der Waals surface area contributed by atoms with Gasteiger partial charge in [0.25, 0.3) is 0 Å². The van der Waals surface area contributed by atoms with Gasteiger partial charge < -0.3 is 15.4 Å². The number of hydrogen-bond donors (Lipinski definition) is 2. The number of nitriles is 1. The molecule has 0 saturated carbocycles. The minimum Gasteiger partial charge on any atom is -0.479 e. The van der Waals surface area contributed by atoms with Crippen molar-refractivity contribution >= 4 is 33.1 Å². The van der Waals surface area contributed by atoms with Crippen LogP contribution >= 0.6 is 0 Å². The highest BCUT2D eigenvalue weighted by Gasteiger charge is 2.16. The fraction of sp³-hybridized carbons (Fsp3) is 0.211. The van der Waals surface area contributed by atoms with E-state index in [0.717, 1.165) is 6.26 Å². The van der Waals surface area contributed by atoms with Gasteiger partial charge in [-0.25, -0.2) is 18.4 Å². The van der Waals surface area contributed by atoms with Crippen LogP contribution < -0.4 is 15.4 Å². The van der Waals surface area contributed by atoms with Crippen LogP contribution in [0.3, 0.4) is 0 Å². The molecule has 0 radical (unpaired) electrons. The van der Waals surface area contributed by atoms with Gasteiger partial charge in [-0.2, -0.15) is 10.4 Å². The second-order valence-electron chi connectivity index (χ2n) is 6.54. The van der Waals surface area contributed by atoms with Gasteiger partial charge in [0.05, 0.1) is 11.4 Å². The first-order chi connectivity index (χ1) is 14.7. The molecular formula is C19H19N7O4S. The van der Waals surface area contributed by atoms with Crippen molar-refractivity contribution in [3.05, 3.63) is 36.7 Å². The Bertz CT molecular complexity index is 1280. The third-order valence-corrected chi connectivity index (χ3v) is 4.89. The summed E-state index contributed by atoms with van der Waals surface area (Å²) >= 11 is 0. The molecule has 3 aromatic heterocycles. The number of aromatic nitrogens is 4. The molecule has 11 nitrogen and oxygen atoms in total. The van der Waals surface area contributed by atoms with Crippen LogP contribution in [0, 0.1) is 11.3 Å². The van der Waals surface area contributed by atoms with E-state index in [9.17, 15) is 13.2 Å². The standard InChI is InChI=1S/C19H19N7O4S/c1-12(27)22-17-10-16(14(11-21-17)15-4-6-26(2)25-15)23-18-8-13(30-7-5-20)9-19(24-18)31(3,28)29/h4,6,8-11H,7H2,1-3H3,(H2,21,22,23,24,27). The quantitative estimate of drug-likeness (QED) is 0.560. The molecule has 0 bridgehead atoms. The summed E-state index contributed by atoms with van der Waals surface area (Å²) in [5.41, 5.74) is 1.68. The van der Waals surface area contributed by atoms with Crippen LogP contribution in [0.1, 0.15) is 6.92 Å². The van der Waals surface area contributed by atoms with E-state index in [2.05, 4.69) is 25.7 Å². The van der Waals surface area contributed by atoms with Crippen LogP contribution in [0.5, 0.6) is 5.75 Å². The Balaban J connectivity index is 2.09. The zero-order valence-corrected chi connectivity index (χ0v) is 17.8. The van der Waals surface area contributed by atoms with Crippen molar-refractivity contribution in [2.24, 2.45) is 7.05 Å². The lowest BCUT2D eigenvalue weighted by Gasteiger charge is -2.14. The van der Waals surface area contributed by atoms with Crippen molar-refractivity contribution in [3.63, 3.8) is 0 Å². The van der Waals surface area contributed by atoms with Crippen LogP contribution in [0.25, 0.3) is 11.3 Å². The van der Waals surface area contributed by atoms with Gasteiger partial charge >= 0.3 is 0 Å². The second-order valence-corrected chi connectivity index (χ2v) is 8.50. The van der Waals surface area contributed by atoms with Crippen molar-refractivity contribution in [1.82, 2.24) is 19.7 Å². The number of aryl methyl sites for hydroxylation is 1. The maximum atomic E-state index is 12.0. The first-order valence-electron chi connectivity index (χ1n) is 8.92. The molecule has 3 rings (SSSR count). The summed E-state index contributed by atoms with van der Waals surface area (Å²) < 4.78 is 31.0. The number of nitrogens with zero attached hydrogens (tertiary/aromatic N) is 5. The number of carbonyl (C=O) groups is 1. The smallest absolute Gasteiger partial charge is 0.222 e. The highest BCUT2D eigenvalue weighted by molar-refractivity contribution is 7.90. The third-order valence-electron chi connectivity index (χ3n) is 3.92. The van der Waals surface area contributed by atoms with E-state index in [1.165, 1.54) is 25.3 Å². The van der Waals surface area contributed by atoms with Gasteiger partial charge in [-0.1, -0.05) is 0 Å². The van der Waals surface area contributed by atoms with Crippen molar-refractivity contribution in [1.29, 1.82) is 5.26 Å². The van der Waals surface area contributed by atoms with Crippen molar-refractivity contribution in [2.45, 2.75) is 11.9 Å². The number of amides is 1. The van der Waals surface area contributed by atoms with Crippen LogP contribution in [-0.4, -0.2) is 46.9 Å². The lowest BCUT2D eigenvalue weighted by atomic mass is 10.1. The summed E-state index contributed by atoms with van der Waals surface area (Å²) in [5, 5.41) is 18.5. The second kappa shape index (κ2) is 8.80. The zero-order chi connectivity index (χ0) is 22.6. The monoisotopic (exact) mass is 441 g/mol. The Morgan fingerprint density at radius 2 is 2.06 bits per heavy atom. The first-order valence-corrected chi connectivity index (χ1v) is 10.8. The summed E-state index contributed by atoms with van der Waals surface area (Å²) in [5.74, 6) is 0.311. The highest BCUT2D eigenvalue weighted by Crippen LogP contribution is 2.31. The van der Waals surface area contributed by atoms with Gasteiger partial charge in [-0.05, 0) is 6.07 Å². The molecule has 3 aromatic rings. The molecule has 0 spiro atoms. The Kier molecular flexibility index (Phi) is 6.17. The van der Waals surface area contributed by atoms with Crippen molar-refractivity contribution in [3.8, 4) is 23.1 Å². The predicted molar refractivity (Wildman–Crippen MR) is 112 cm³/mol. The van der Waals surface area contributed by atoms with Crippen LogP contribution in [0.15, 0.2) is 41.7 Å². The highest BCUT2D eigenvalue weighted by atomic mass is 32.2. The minimum absolute atomic E-state index is 0.160. The molecule has 31 heavy (non-hydrogen) atoms. The normalized spacial score (nSPS) is 10.9. The average molecular weight is 441 g/mol. The number of anilines is 3. The zero-order valence-electron chi connectivity index (χ0n) is 16.9. The van der Waals surface area contributed by atoms with Gasteiger partial charge in [-0.3, -0.25) is 9.48 Å². The topological polar surface area (TPSA) is 152 Å². The number of sulfone groups is 1. The lowest BCUT2D eigenvalue weighted by Crippen LogP contribution is -2.09. The molecule has 12 heteroatoms. The van der Waals surface area contributed by atoms with E-state index in [1.54, 1.807) is 30.1 Å². The molecule has 0 unspecified atom stereocenters. The number of hydrogen-bond acceptors (Lipinski definition) is 9. The lowest BCUT2D eigenvalue weighted by molar-refractivity contribution is -0.114. The molecule has 2 N–H and O–H groups in total. The molecule has 0 aromatic carbocycles. The molecule has 3 heterocycles. The number of rotatable bonds is 7. The maximum Gasteiger partial charge on any atom is 0.222 e. The Hall–Kier alpha value is -3.98. The first kappa shape index (κ1) is 21.7. The molecule has 0 saturated heterocycles. The predicted octanol–water partition coefficient (Wildman–Crippen LogP) is 1.88. The molecular weight excluding hydrogens is 422 g/mol. The number of nitrogens with one attached hydrogen (secondary N) is 2. The summed E-state index contributed by atoms with van der Waals surface area (Å²) in [6.45, 7) is 1.10. The Morgan fingerprint density at radius 1 is 1.29 bits per heavy atom. The van der Waals surface area contributed by atoms with Crippen molar-refractivity contribution < 1.29 is 17.9 Å². The molecule has 0 aliphatic rings. The van der Waals surface area contributed by atoms with Gasteiger partial charge in [0.1, 0.15) is 23.5 Å². The number of pyridine rings is 2. The van der Waals surface area contributed by atoms with Crippen molar-refractivity contribution in [2.75, 3.05) is 23.5 Å². The number of carbonyl (C=O) groups excluding carboxylic acids is 1. The van der Waals surface area contributed by atoms with Gasteiger partial charge in [0, 0.05) is 56.4 Å². The van der Waals surface area contributed by atoms with Crippen LogP contribution in [0.2, 0.25) is 0 Å². The average Bonchev–Trinajstić information content (AvgIpc) is 3.11. The van der Waals surface area contributed by atoms with E-state index >= 15 is 0 Å². The Labute approximate surface area is 178 Å². The van der Waals surface area contributed by atoms with Gasteiger partial charge in [0.2, 0.25) is 5.91 Å². The summed E-state index contributed by atoms with van der Waals surface area (Å²) in [6.07, 6.45) is 4.31. The fourth-order valence-corrected chi connectivity index (χ4v) is 3.24. The minimum atomic E-state index is -3.65.